The number of carbonyl (C=O) groups is 1. The third kappa shape index (κ3) is 3.69. The topological polar surface area (TPSA) is 64.9 Å². The highest BCUT2D eigenvalue weighted by atomic mass is 16.2. The molecule has 1 aromatic rings. The molecule has 1 aromatic carbocycles. The van der Waals surface area contributed by atoms with E-state index in [2.05, 4.69) is 17.6 Å². The van der Waals surface area contributed by atoms with Gasteiger partial charge in [0.15, 0.2) is 0 Å². The molecular weight excluding hydrogens is 190 g/mol. The molecule has 1 rings (SSSR count). The van der Waals surface area contributed by atoms with Gasteiger partial charge in [0, 0.05) is 5.69 Å². The van der Waals surface area contributed by atoms with Crippen molar-refractivity contribution in [3.05, 3.63) is 29.8 Å². The van der Waals surface area contributed by atoms with E-state index in [4.69, 9.17) is 5.26 Å². The lowest BCUT2D eigenvalue weighted by molar-refractivity contribution is 0.253. The van der Waals surface area contributed by atoms with Crippen LogP contribution in [0.4, 0.5) is 10.5 Å². The van der Waals surface area contributed by atoms with Gasteiger partial charge in [0.1, 0.15) is 6.54 Å². The zero-order valence-electron chi connectivity index (χ0n) is 8.58. The second-order valence-corrected chi connectivity index (χ2v) is 3.02. The molecule has 78 valence electrons. The van der Waals surface area contributed by atoms with E-state index in [0.29, 0.717) is 0 Å². The Hall–Kier alpha value is -2.02. The van der Waals surface area contributed by atoms with E-state index >= 15 is 0 Å². The van der Waals surface area contributed by atoms with Crippen molar-refractivity contribution in [1.29, 1.82) is 5.26 Å². The van der Waals surface area contributed by atoms with Crippen LogP contribution in [0, 0.1) is 11.3 Å². The second kappa shape index (κ2) is 5.66. The van der Waals surface area contributed by atoms with E-state index in [1.54, 1.807) is 0 Å². The molecule has 0 saturated heterocycles. The average molecular weight is 203 g/mol. The van der Waals surface area contributed by atoms with Gasteiger partial charge in [-0.25, -0.2) is 4.79 Å². The molecule has 2 amide bonds. The summed E-state index contributed by atoms with van der Waals surface area (Å²) in [4.78, 5) is 11.2. The van der Waals surface area contributed by atoms with Gasteiger partial charge in [-0.05, 0) is 24.1 Å². The van der Waals surface area contributed by atoms with Crippen molar-refractivity contribution in [3.8, 4) is 6.07 Å². The lowest BCUT2D eigenvalue weighted by Crippen LogP contribution is -2.28. The molecule has 0 aliphatic carbocycles. The van der Waals surface area contributed by atoms with Crippen LogP contribution in [0.3, 0.4) is 0 Å². The Bertz CT molecular complexity index is 364. The standard InChI is InChI=1S/C11H13N3O/c1-2-9-3-5-10(6-4-9)14-11(15)13-8-7-12/h3-6H,2,8H2,1H3,(H2,13,14,15). The second-order valence-electron chi connectivity index (χ2n) is 3.02. The summed E-state index contributed by atoms with van der Waals surface area (Å²) in [6, 6.07) is 9.06. The van der Waals surface area contributed by atoms with Gasteiger partial charge in [-0.1, -0.05) is 19.1 Å². The maximum Gasteiger partial charge on any atom is 0.320 e. The Morgan fingerprint density at radius 1 is 1.40 bits per heavy atom. The van der Waals surface area contributed by atoms with E-state index in [9.17, 15) is 4.79 Å². The first-order chi connectivity index (χ1) is 7.26. The van der Waals surface area contributed by atoms with Crippen molar-refractivity contribution in [2.75, 3.05) is 11.9 Å². The largest absolute Gasteiger partial charge is 0.325 e. The zero-order chi connectivity index (χ0) is 11.1. The lowest BCUT2D eigenvalue weighted by Gasteiger charge is -2.05. The predicted molar refractivity (Wildman–Crippen MR) is 58.5 cm³/mol. The van der Waals surface area contributed by atoms with Crippen molar-refractivity contribution >= 4 is 11.7 Å². The third-order valence-corrected chi connectivity index (χ3v) is 1.95. The van der Waals surface area contributed by atoms with Crippen LogP contribution in [-0.4, -0.2) is 12.6 Å². The number of nitriles is 1. The van der Waals surface area contributed by atoms with Gasteiger partial charge in [0.25, 0.3) is 0 Å². The quantitative estimate of drug-likeness (QED) is 0.737. The van der Waals surface area contributed by atoms with Gasteiger partial charge >= 0.3 is 6.03 Å². The van der Waals surface area contributed by atoms with Gasteiger partial charge in [-0.15, -0.1) is 0 Å². The summed E-state index contributed by atoms with van der Waals surface area (Å²) in [7, 11) is 0. The van der Waals surface area contributed by atoms with Gasteiger partial charge in [0.05, 0.1) is 6.07 Å². The molecule has 0 saturated carbocycles. The molecule has 0 bridgehead atoms. The molecule has 0 aromatic heterocycles. The molecule has 0 aliphatic rings. The number of carbonyl (C=O) groups excluding carboxylic acids is 1. The summed E-state index contributed by atoms with van der Waals surface area (Å²) in [5, 5.41) is 13.3. The molecule has 0 heterocycles. The lowest BCUT2D eigenvalue weighted by atomic mass is 10.1. The fourth-order valence-electron chi connectivity index (χ4n) is 1.12. The van der Waals surface area contributed by atoms with Crippen LogP contribution in [0.2, 0.25) is 0 Å². The van der Waals surface area contributed by atoms with Crippen LogP contribution in [0.1, 0.15) is 12.5 Å². The molecule has 4 heteroatoms. The molecule has 0 aliphatic heterocycles. The molecule has 0 unspecified atom stereocenters. The van der Waals surface area contributed by atoms with Crippen molar-refractivity contribution in [2.45, 2.75) is 13.3 Å². The highest BCUT2D eigenvalue weighted by molar-refractivity contribution is 5.89. The monoisotopic (exact) mass is 203 g/mol. The van der Waals surface area contributed by atoms with Gasteiger partial charge < -0.3 is 10.6 Å². The van der Waals surface area contributed by atoms with E-state index in [1.165, 1.54) is 5.56 Å². The number of urea groups is 1. The number of rotatable bonds is 3. The smallest absolute Gasteiger partial charge is 0.320 e. The highest BCUT2D eigenvalue weighted by Crippen LogP contribution is 2.09. The van der Waals surface area contributed by atoms with Crippen LogP contribution in [0.15, 0.2) is 24.3 Å². The minimum Gasteiger partial charge on any atom is -0.325 e. The molecule has 4 nitrogen and oxygen atoms in total. The van der Waals surface area contributed by atoms with E-state index in [0.717, 1.165) is 12.1 Å². The van der Waals surface area contributed by atoms with Gasteiger partial charge in [0.2, 0.25) is 0 Å². The first kappa shape index (κ1) is 11.1. The number of aryl methyl sites for hydroxylation is 1. The number of hydrogen-bond donors (Lipinski definition) is 2. The van der Waals surface area contributed by atoms with Crippen LogP contribution < -0.4 is 10.6 Å². The average Bonchev–Trinajstić information content (AvgIpc) is 2.27. The minimum atomic E-state index is -0.360. The number of amides is 2. The summed E-state index contributed by atoms with van der Waals surface area (Å²) in [6.45, 7) is 2.08. The maximum atomic E-state index is 11.2. The number of anilines is 1. The van der Waals surface area contributed by atoms with Crippen molar-refractivity contribution in [3.63, 3.8) is 0 Å². The molecule has 0 radical (unpaired) electrons. The van der Waals surface area contributed by atoms with Crippen LogP contribution in [0.5, 0.6) is 0 Å². The number of nitrogens with zero attached hydrogens (tertiary/aromatic N) is 1. The van der Waals surface area contributed by atoms with E-state index in [-0.39, 0.29) is 12.6 Å². The van der Waals surface area contributed by atoms with Crippen molar-refractivity contribution in [2.24, 2.45) is 0 Å². The Kier molecular flexibility index (Phi) is 4.17. The maximum absolute atomic E-state index is 11.2. The highest BCUT2D eigenvalue weighted by Gasteiger charge is 1.99. The zero-order valence-corrected chi connectivity index (χ0v) is 8.58. The minimum absolute atomic E-state index is 0.0128. The normalized spacial score (nSPS) is 9.07. The van der Waals surface area contributed by atoms with Gasteiger partial charge in [-0.3, -0.25) is 0 Å². The molecule has 15 heavy (non-hydrogen) atoms. The van der Waals surface area contributed by atoms with Crippen LogP contribution in [-0.2, 0) is 6.42 Å². The molecule has 2 N–H and O–H groups in total. The first-order valence-corrected chi connectivity index (χ1v) is 4.77. The summed E-state index contributed by atoms with van der Waals surface area (Å²) in [6.07, 6.45) is 0.973. The number of benzene rings is 1. The van der Waals surface area contributed by atoms with Crippen molar-refractivity contribution in [1.82, 2.24) is 5.32 Å². The predicted octanol–water partition coefficient (Wildman–Crippen LogP) is 1.89. The first-order valence-electron chi connectivity index (χ1n) is 4.77. The van der Waals surface area contributed by atoms with Crippen LogP contribution >= 0.6 is 0 Å². The summed E-state index contributed by atoms with van der Waals surface area (Å²) >= 11 is 0. The Morgan fingerprint density at radius 3 is 2.60 bits per heavy atom. The Morgan fingerprint density at radius 2 is 2.07 bits per heavy atom. The van der Waals surface area contributed by atoms with Crippen LogP contribution in [0.25, 0.3) is 0 Å². The SMILES string of the molecule is CCc1ccc(NC(=O)NCC#N)cc1. The molecule has 0 spiro atoms. The van der Waals surface area contributed by atoms with E-state index < -0.39 is 0 Å². The molecule has 0 atom stereocenters. The third-order valence-electron chi connectivity index (χ3n) is 1.95. The number of nitrogens with one attached hydrogen (secondary N) is 2. The molecular formula is C11H13N3O. The summed E-state index contributed by atoms with van der Waals surface area (Å²) in [5.74, 6) is 0. The Balaban J connectivity index is 2.50. The Labute approximate surface area is 88.9 Å². The van der Waals surface area contributed by atoms with Gasteiger partial charge in [-0.2, -0.15) is 5.26 Å². The van der Waals surface area contributed by atoms with Crippen molar-refractivity contribution < 1.29 is 4.79 Å². The summed E-state index contributed by atoms with van der Waals surface area (Å²) < 4.78 is 0. The molecule has 0 fully saturated rings. The fraction of sp³-hybridized carbons (Fsp3) is 0.273. The fourth-order valence-corrected chi connectivity index (χ4v) is 1.12. The van der Waals surface area contributed by atoms with E-state index in [1.807, 2.05) is 30.3 Å². The summed E-state index contributed by atoms with van der Waals surface area (Å²) in [5.41, 5.74) is 1.95. The number of hydrogen-bond acceptors (Lipinski definition) is 2.